The molecule has 21 heavy (non-hydrogen) atoms. The first-order chi connectivity index (χ1) is 10.2. The Morgan fingerprint density at radius 2 is 1.81 bits per heavy atom. The number of hydrogen-bond donors (Lipinski definition) is 0. The Bertz CT molecular complexity index is 696. The van der Waals surface area contributed by atoms with Gasteiger partial charge in [0, 0.05) is 6.42 Å². The van der Waals surface area contributed by atoms with Gasteiger partial charge >= 0.3 is 0 Å². The maximum Gasteiger partial charge on any atom is 0.120 e. The van der Waals surface area contributed by atoms with Crippen molar-refractivity contribution in [3.05, 3.63) is 70.3 Å². The van der Waals surface area contributed by atoms with Crippen LogP contribution in [-0.4, -0.2) is 0 Å². The van der Waals surface area contributed by atoms with Crippen molar-refractivity contribution < 1.29 is 4.74 Å². The molecule has 0 N–H and O–H groups in total. The second-order valence-corrected chi connectivity index (χ2v) is 5.80. The molecule has 0 amide bonds. The number of rotatable bonds is 3. The number of benzene rings is 2. The van der Waals surface area contributed by atoms with E-state index in [4.69, 9.17) is 10.00 Å². The van der Waals surface area contributed by atoms with E-state index in [1.807, 2.05) is 0 Å². The Morgan fingerprint density at radius 3 is 2.52 bits per heavy atom. The topological polar surface area (TPSA) is 33.0 Å². The van der Waals surface area contributed by atoms with E-state index in [-0.39, 0.29) is 0 Å². The third kappa shape index (κ3) is 2.34. The van der Waals surface area contributed by atoms with Gasteiger partial charge in [-0.2, -0.15) is 5.26 Å². The molecule has 1 heterocycles. The Hall–Kier alpha value is -2.11. The minimum absolute atomic E-state index is 0.466. The predicted molar refractivity (Wildman–Crippen MR) is 82.8 cm³/mol. The van der Waals surface area contributed by atoms with Crippen LogP contribution in [0.2, 0.25) is 0 Å². The summed E-state index contributed by atoms with van der Waals surface area (Å²) in [7, 11) is 0. The van der Waals surface area contributed by atoms with Gasteiger partial charge < -0.3 is 4.74 Å². The average Bonchev–Trinajstić information content (AvgIpc) is 2.85. The lowest BCUT2D eigenvalue weighted by Crippen LogP contribution is -2.26. The Labute approximate surface area is 126 Å². The predicted octanol–water partition coefficient (Wildman–Crippen LogP) is 4.38. The standard InChI is InChI=1S/C19H19NO/c1-14-4-7-17(8-5-14)19(10-3-11-20)18-9-6-15(2)12-16(18)13-21-19/h4-9,12H,3,10,13H2,1-2H3. The SMILES string of the molecule is Cc1ccc(C2(CCC#N)OCc3cc(C)ccc32)cc1. The van der Waals surface area contributed by atoms with Crippen LogP contribution in [-0.2, 0) is 16.9 Å². The highest BCUT2D eigenvalue weighted by molar-refractivity contribution is 5.46. The van der Waals surface area contributed by atoms with Crippen LogP contribution in [0.1, 0.15) is 40.7 Å². The maximum absolute atomic E-state index is 9.02. The van der Waals surface area contributed by atoms with Crippen molar-refractivity contribution in [1.29, 1.82) is 5.26 Å². The highest BCUT2D eigenvalue weighted by Crippen LogP contribution is 2.45. The van der Waals surface area contributed by atoms with Gasteiger partial charge in [0.05, 0.1) is 12.7 Å². The van der Waals surface area contributed by atoms with E-state index in [1.54, 1.807) is 0 Å². The van der Waals surface area contributed by atoms with Crippen LogP contribution in [0, 0.1) is 25.2 Å². The largest absolute Gasteiger partial charge is 0.361 e. The molecular weight excluding hydrogens is 258 g/mol. The van der Waals surface area contributed by atoms with Crippen molar-refractivity contribution in [3.63, 3.8) is 0 Å². The van der Waals surface area contributed by atoms with Gasteiger partial charge in [-0.1, -0.05) is 53.6 Å². The molecule has 1 atom stereocenters. The third-order valence-corrected chi connectivity index (χ3v) is 4.28. The number of nitriles is 1. The molecule has 1 unspecified atom stereocenters. The zero-order chi connectivity index (χ0) is 14.9. The van der Waals surface area contributed by atoms with E-state index in [9.17, 15) is 0 Å². The van der Waals surface area contributed by atoms with E-state index < -0.39 is 5.60 Å². The number of hydrogen-bond acceptors (Lipinski definition) is 2. The summed E-state index contributed by atoms with van der Waals surface area (Å²) < 4.78 is 6.24. The van der Waals surface area contributed by atoms with E-state index >= 15 is 0 Å². The Kier molecular flexibility index (Phi) is 3.53. The highest BCUT2D eigenvalue weighted by Gasteiger charge is 2.41. The maximum atomic E-state index is 9.02. The summed E-state index contributed by atoms with van der Waals surface area (Å²) in [6.07, 6.45) is 1.18. The van der Waals surface area contributed by atoms with Crippen LogP contribution in [0.3, 0.4) is 0 Å². The summed E-state index contributed by atoms with van der Waals surface area (Å²) in [5.74, 6) is 0. The van der Waals surface area contributed by atoms with Crippen molar-refractivity contribution in [3.8, 4) is 6.07 Å². The fourth-order valence-electron chi connectivity index (χ4n) is 3.16. The zero-order valence-electron chi connectivity index (χ0n) is 12.5. The quantitative estimate of drug-likeness (QED) is 0.834. The molecule has 0 bridgehead atoms. The molecule has 1 aliphatic heterocycles. The number of fused-ring (bicyclic) bond motifs is 1. The lowest BCUT2D eigenvalue weighted by molar-refractivity contribution is -0.0106. The van der Waals surface area contributed by atoms with Gasteiger partial charge in [0.1, 0.15) is 5.60 Å². The van der Waals surface area contributed by atoms with Crippen molar-refractivity contribution in [2.45, 2.75) is 38.9 Å². The minimum Gasteiger partial charge on any atom is -0.361 e. The van der Waals surface area contributed by atoms with Gasteiger partial charge in [0.2, 0.25) is 0 Å². The van der Waals surface area contributed by atoms with Crippen LogP contribution in [0.5, 0.6) is 0 Å². The van der Waals surface area contributed by atoms with Gasteiger partial charge in [0.15, 0.2) is 0 Å². The molecule has 2 heteroatoms. The van der Waals surface area contributed by atoms with Crippen LogP contribution >= 0.6 is 0 Å². The summed E-state index contributed by atoms with van der Waals surface area (Å²) in [6, 6.07) is 17.2. The second kappa shape index (κ2) is 5.35. The van der Waals surface area contributed by atoms with Gasteiger partial charge in [0.25, 0.3) is 0 Å². The average molecular weight is 277 g/mol. The summed E-state index contributed by atoms with van der Waals surface area (Å²) in [5.41, 5.74) is 5.62. The lowest BCUT2D eigenvalue weighted by atomic mass is 9.81. The summed E-state index contributed by atoms with van der Waals surface area (Å²) >= 11 is 0. The van der Waals surface area contributed by atoms with E-state index in [0.29, 0.717) is 19.4 Å². The molecule has 0 saturated heterocycles. The van der Waals surface area contributed by atoms with Crippen LogP contribution in [0.15, 0.2) is 42.5 Å². The first-order valence-electron chi connectivity index (χ1n) is 7.34. The zero-order valence-corrected chi connectivity index (χ0v) is 12.5. The molecule has 2 aromatic carbocycles. The number of ether oxygens (including phenoxy) is 1. The first kappa shape index (κ1) is 13.9. The summed E-state index contributed by atoms with van der Waals surface area (Å²) in [4.78, 5) is 0. The third-order valence-electron chi connectivity index (χ3n) is 4.28. The molecule has 0 spiro atoms. The molecule has 0 aromatic heterocycles. The molecule has 2 nitrogen and oxygen atoms in total. The van der Waals surface area contributed by atoms with Gasteiger partial charge in [-0.3, -0.25) is 0 Å². The highest BCUT2D eigenvalue weighted by atomic mass is 16.5. The van der Waals surface area contributed by atoms with Crippen LogP contribution in [0.4, 0.5) is 0 Å². The van der Waals surface area contributed by atoms with Gasteiger partial charge in [-0.15, -0.1) is 0 Å². The number of nitrogens with zero attached hydrogens (tertiary/aromatic N) is 1. The lowest BCUT2D eigenvalue weighted by Gasteiger charge is -2.30. The molecule has 3 rings (SSSR count). The molecular formula is C19H19NO. The second-order valence-electron chi connectivity index (χ2n) is 5.80. The van der Waals surface area contributed by atoms with Crippen LogP contribution < -0.4 is 0 Å². The van der Waals surface area contributed by atoms with Crippen molar-refractivity contribution in [1.82, 2.24) is 0 Å². The molecule has 0 fully saturated rings. The summed E-state index contributed by atoms with van der Waals surface area (Å²) in [5, 5.41) is 9.02. The van der Waals surface area contributed by atoms with Gasteiger partial charge in [-0.05, 0) is 37.0 Å². The fourth-order valence-corrected chi connectivity index (χ4v) is 3.16. The molecule has 106 valence electrons. The Morgan fingerprint density at radius 1 is 1.10 bits per heavy atom. The molecule has 1 aliphatic rings. The summed E-state index contributed by atoms with van der Waals surface area (Å²) in [6.45, 7) is 4.80. The van der Waals surface area contributed by atoms with Crippen molar-refractivity contribution >= 4 is 0 Å². The normalized spacial score (nSPS) is 20.0. The van der Waals surface area contributed by atoms with E-state index in [0.717, 1.165) is 5.56 Å². The first-order valence-corrected chi connectivity index (χ1v) is 7.34. The Balaban J connectivity index is 2.12. The van der Waals surface area contributed by atoms with Gasteiger partial charge in [-0.25, -0.2) is 0 Å². The number of aryl methyl sites for hydroxylation is 2. The molecule has 0 aliphatic carbocycles. The molecule has 0 radical (unpaired) electrons. The van der Waals surface area contributed by atoms with E-state index in [1.165, 1.54) is 22.3 Å². The van der Waals surface area contributed by atoms with E-state index in [2.05, 4.69) is 62.4 Å². The van der Waals surface area contributed by atoms with Crippen molar-refractivity contribution in [2.75, 3.05) is 0 Å². The monoisotopic (exact) mass is 277 g/mol. The smallest absolute Gasteiger partial charge is 0.120 e. The fraction of sp³-hybridized carbons (Fsp3) is 0.316. The molecule has 0 saturated carbocycles. The van der Waals surface area contributed by atoms with Crippen LogP contribution in [0.25, 0.3) is 0 Å². The minimum atomic E-state index is -0.466. The molecule has 2 aromatic rings. The van der Waals surface area contributed by atoms with Crippen molar-refractivity contribution in [2.24, 2.45) is 0 Å².